The van der Waals surface area contributed by atoms with Gasteiger partial charge in [0.2, 0.25) is 0 Å². The Morgan fingerprint density at radius 3 is 2.53 bits per heavy atom. The van der Waals surface area contributed by atoms with E-state index < -0.39 is 6.36 Å². The lowest BCUT2D eigenvalue weighted by Gasteiger charge is -2.10. The van der Waals surface area contributed by atoms with E-state index in [-0.39, 0.29) is 18.8 Å². The number of hydrogen-bond acceptors (Lipinski definition) is 2. The fourth-order valence-electron chi connectivity index (χ4n) is 1.06. The second kappa shape index (κ2) is 4.72. The van der Waals surface area contributed by atoms with Gasteiger partial charge in [0.15, 0.2) is 0 Å². The SMILES string of the molecule is OCCc1cc(OC(F)(F)F)ccc1Cl. The second-order valence-electron chi connectivity index (χ2n) is 2.77. The maximum atomic E-state index is 11.9. The average Bonchev–Trinajstić information content (AvgIpc) is 2.09. The molecule has 0 atom stereocenters. The van der Waals surface area contributed by atoms with Crippen LogP contribution in [-0.2, 0) is 6.42 Å². The minimum atomic E-state index is -4.72. The van der Waals surface area contributed by atoms with Gasteiger partial charge in [0.05, 0.1) is 0 Å². The number of halogens is 4. The molecule has 0 aliphatic heterocycles. The molecule has 6 heteroatoms. The minimum Gasteiger partial charge on any atom is -0.406 e. The number of alkyl halides is 3. The predicted molar refractivity (Wildman–Crippen MR) is 48.9 cm³/mol. The number of hydrogen-bond donors (Lipinski definition) is 1. The Balaban J connectivity index is 2.87. The fraction of sp³-hybridized carbons (Fsp3) is 0.333. The summed E-state index contributed by atoms with van der Waals surface area (Å²) in [5, 5.41) is 8.95. The molecule has 0 bridgehead atoms. The lowest BCUT2D eigenvalue weighted by Crippen LogP contribution is -2.17. The highest BCUT2D eigenvalue weighted by Crippen LogP contribution is 2.27. The lowest BCUT2D eigenvalue weighted by atomic mass is 10.1. The van der Waals surface area contributed by atoms with Crippen molar-refractivity contribution in [1.29, 1.82) is 0 Å². The van der Waals surface area contributed by atoms with Crippen LogP contribution in [0.1, 0.15) is 5.56 Å². The van der Waals surface area contributed by atoms with E-state index in [0.717, 1.165) is 12.1 Å². The van der Waals surface area contributed by atoms with Crippen molar-refractivity contribution in [2.75, 3.05) is 6.61 Å². The van der Waals surface area contributed by atoms with Crippen LogP contribution in [0, 0.1) is 0 Å². The molecule has 0 unspecified atom stereocenters. The summed E-state index contributed by atoms with van der Waals surface area (Å²) in [5.41, 5.74) is 0.418. The molecule has 1 aromatic rings. The predicted octanol–water partition coefficient (Wildman–Crippen LogP) is 2.77. The van der Waals surface area contributed by atoms with Gasteiger partial charge in [0.25, 0.3) is 0 Å². The third-order valence-corrected chi connectivity index (χ3v) is 2.00. The third-order valence-electron chi connectivity index (χ3n) is 1.63. The first-order chi connectivity index (χ1) is 6.92. The Morgan fingerprint density at radius 2 is 2.00 bits per heavy atom. The number of benzene rings is 1. The summed E-state index contributed by atoms with van der Waals surface area (Å²) in [6.07, 6.45) is -4.53. The van der Waals surface area contributed by atoms with Crippen molar-refractivity contribution in [2.45, 2.75) is 12.8 Å². The molecule has 0 aliphatic rings. The molecule has 1 N–H and O–H groups in total. The van der Waals surface area contributed by atoms with Crippen LogP contribution >= 0.6 is 11.6 Å². The van der Waals surface area contributed by atoms with Gasteiger partial charge in [0.1, 0.15) is 5.75 Å². The summed E-state index contributed by atoms with van der Waals surface area (Å²) in [4.78, 5) is 0. The summed E-state index contributed by atoms with van der Waals surface area (Å²) in [6, 6.07) is 3.58. The Labute approximate surface area is 89.2 Å². The van der Waals surface area contributed by atoms with E-state index in [1.807, 2.05) is 0 Å². The summed E-state index contributed by atoms with van der Waals surface area (Å²) in [5.74, 6) is -0.338. The molecule has 0 fully saturated rings. The number of rotatable bonds is 3. The van der Waals surface area contributed by atoms with E-state index in [9.17, 15) is 13.2 Å². The number of aliphatic hydroxyl groups excluding tert-OH is 1. The van der Waals surface area contributed by atoms with Gasteiger partial charge >= 0.3 is 6.36 Å². The van der Waals surface area contributed by atoms with Gasteiger partial charge < -0.3 is 9.84 Å². The molecular weight excluding hydrogens is 233 g/mol. The maximum Gasteiger partial charge on any atom is 0.573 e. The lowest BCUT2D eigenvalue weighted by molar-refractivity contribution is -0.274. The molecule has 0 aromatic heterocycles. The van der Waals surface area contributed by atoms with Crippen molar-refractivity contribution in [2.24, 2.45) is 0 Å². The molecule has 0 amide bonds. The largest absolute Gasteiger partial charge is 0.573 e. The highest BCUT2D eigenvalue weighted by atomic mass is 35.5. The van der Waals surface area contributed by atoms with Gasteiger partial charge in [-0.1, -0.05) is 11.6 Å². The van der Waals surface area contributed by atoms with Crippen LogP contribution in [-0.4, -0.2) is 18.1 Å². The molecule has 15 heavy (non-hydrogen) atoms. The normalized spacial score (nSPS) is 11.5. The smallest absolute Gasteiger partial charge is 0.406 e. The summed E-state index contributed by atoms with van der Waals surface area (Å²) >= 11 is 5.70. The van der Waals surface area contributed by atoms with Crippen molar-refractivity contribution in [3.8, 4) is 5.75 Å². The zero-order valence-electron chi connectivity index (χ0n) is 7.51. The zero-order chi connectivity index (χ0) is 11.5. The Hall–Kier alpha value is -0.940. The van der Waals surface area contributed by atoms with E-state index in [2.05, 4.69) is 4.74 Å². The van der Waals surface area contributed by atoms with Crippen molar-refractivity contribution < 1.29 is 23.0 Å². The van der Waals surface area contributed by atoms with Gasteiger partial charge in [-0.05, 0) is 30.2 Å². The van der Waals surface area contributed by atoms with Gasteiger partial charge in [-0.3, -0.25) is 0 Å². The molecule has 1 rings (SSSR count). The fourth-order valence-corrected chi connectivity index (χ4v) is 1.27. The van der Waals surface area contributed by atoms with Gasteiger partial charge in [-0.15, -0.1) is 13.2 Å². The third kappa shape index (κ3) is 3.97. The van der Waals surface area contributed by atoms with Crippen LogP contribution in [0.15, 0.2) is 18.2 Å². The van der Waals surface area contributed by atoms with Gasteiger partial charge in [0, 0.05) is 11.6 Å². The van der Waals surface area contributed by atoms with Crippen LogP contribution in [0.5, 0.6) is 5.75 Å². The number of ether oxygens (including phenoxy) is 1. The van der Waals surface area contributed by atoms with E-state index in [0.29, 0.717) is 10.6 Å². The number of aliphatic hydroxyl groups is 1. The van der Waals surface area contributed by atoms with E-state index in [1.54, 1.807) is 0 Å². The van der Waals surface area contributed by atoms with Crippen molar-refractivity contribution in [3.05, 3.63) is 28.8 Å². The molecule has 0 spiro atoms. The first-order valence-electron chi connectivity index (χ1n) is 4.07. The van der Waals surface area contributed by atoms with E-state index >= 15 is 0 Å². The van der Waals surface area contributed by atoms with Crippen molar-refractivity contribution in [3.63, 3.8) is 0 Å². The van der Waals surface area contributed by atoms with Crippen LogP contribution in [0.4, 0.5) is 13.2 Å². The van der Waals surface area contributed by atoms with Crippen LogP contribution < -0.4 is 4.74 Å². The summed E-state index contributed by atoms with van der Waals surface area (Å²) in [7, 11) is 0. The zero-order valence-corrected chi connectivity index (χ0v) is 8.27. The molecule has 0 saturated heterocycles. The van der Waals surface area contributed by atoms with E-state index in [4.69, 9.17) is 16.7 Å². The topological polar surface area (TPSA) is 29.5 Å². The highest BCUT2D eigenvalue weighted by Gasteiger charge is 2.31. The average molecular weight is 241 g/mol. The van der Waals surface area contributed by atoms with Crippen LogP contribution in [0.25, 0.3) is 0 Å². The van der Waals surface area contributed by atoms with Gasteiger partial charge in [-0.2, -0.15) is 0 Å². The van der Waals surface area contributed by atoms with Gasteiger partial charge in [-0.25, -0.2) is 0 Å². The Morgan fingerprint density at radius 1 is 1.33 bits per heavy atom. The Kier molecular flexibility index (Phi) is 3.82. The molecule has 0 aliphatic carbocycles. The van der Waals surface area contributed by atoms with Crippen LogP contribution in [0.3, 0.4) is 0 Å². The summed E-state index contributed by atoms with van der Waals surface area (Å²) in [6.45, 7) is -0.185. The first kappa shape index (κ1) is 12.1. The molecule has 2 nitrogen and oxygen atoms in total. The Bertz CT molecular complexity index is 339. The standard InChI is InChI=1S/C9H8ClF3O2/c10-8-2-1-7(15-9(11,12)13)5-6(8)3-4-14/h1-2,5,14H,3-4H2. The minimum absolute atomic E-state index is 0.185. The second-order valence-corrected chi connectivity index (χ2v) is 3.18. The molecule has 0 heterocycles. The highest BCUT2D eigenvalue weighted by molar-refractivity contribution is 6.31. The monoisotopic (exact) mass is 240 g/mol. The van der Waals surface area contributed by atoms with E-state index in [1.165, 1.54) is 6.07 Å². The molecule has 0 radical (unpaired) electrons. The molecule has 1 aromatic carbocycles. The molecule has 0 saturated carbocycles. The maximum absolute atomic E-state index is 11.9. The first-order valence-corrected chi connectivity index (χ1v) is 4.45. The quantitative estimate of drug-likeness (QED) is 0.880. The summed E-state index contributed by atoms with van der Waals surface area (Å²) < 4.78 is 39.3. The molecule has 84 valence electrons. The molecular formula is C9H8ClF3O2. The van der Waals surface area contributed by atoms with Crippen LogP contribution in [0.2, 0.25) is 5.02 Å². The van der Waals surface area contributed by atoms with Crippen molar-refractivity contribution in [1.82, 2.24) is 0 Å². The van der Waals surface area contributed by atoms with Crippen molar-refractivity contribution >= 4 is 11.6 Å².